The lowest BCUT2D eigenvalue weighted by Crippen LogP contribution is -2.70. The predicted octanol–water partition coefficient (Wildman–Crippen LogP) is 4.58. The molecular formula is C31H33NO6. The van der Waals surface area contributed by atoms with Crippen molar-refractivity contribution >= 4 is 17.7 Å². The summed E-state index contributed by atoms with van der Waals surface area (Å²) >= 11 is 0. The second-order valence-corrected chi connectivity index (χ2v) is 9.53. The first-order chi connectivity index (χ1) is 18.3. The van der Waals surface area contributed by atoms with E-state index in [1.807, 2.05) is 78.9 Å². The normalized spacial score (nSPS) is 17.5. The number of hydrogen-bond acceptors (Lipinski definition) is 6. The lowest BCUT2D eigenvalue weighted by Gasteiger charge is -2.49. The van der Waals surface area contributed by atoms with Gasteiger partial charge in [-0.15, -0.1) is 0 Å². The van der Waals surface area contributed by atoms with Crippen molar-refractivity contribution in [2.45, 2.75) is 44.9 Å². The number of benzene rings is 3. The first-order valence-electron chi connectivity index (χ1n) is 12.7. The molecule has 3 aromatic rings. The van der Waals surface area contributed by atoms with Gasteiger partial charge in [0.15, 0.2) is 0 Å². The van der Waals surface area contributed by atoms with E-state index in [1.165, 1.54) is 6.92 Å². The molecule has 4 rings (SSSR count). The molecule has 1 saturated heterocycles. The van der Waals surface area contributed by atoms with Crippen molar-refractivity contribution in [3.63, 3.8) is 0 Å². The minimum Gasteiger partial charge on any atom is -0.497 e. The van der Waals surface area contributed by atoms with Crippen LogP contribution in [0.2, 0.25) is 0 Å². The molecule has 0 radical (unpaired) electrons. The van der Waals surface area contributed by atoms with E-state index in [0.717, 1.165) is 28.2 Å². The molecule has 38 heavy (non-hydrogen) atoms. The van der Waals surface area contributed by atoms with Crippen molar-refractivity contribution in [3.8, 4) is 11.5 Å². The zero-order valence-corrected chi connectivity index (χ0v) is 22.1. The van der Waals surface area contributed by atoms with Crippen LogP contribution in [-0.2, 0) is 32.0 Å². The Balaban J connectivity index is 1.63. The molecule has 0 bridgehead atoms. The molecule has 0 N–H and O–H groups in total. The number of amides is 1. The number of carbonyl (C=O) groups excluding carboxylic acids is 3. The van der Waals surface area contributed by atoms with Crippen LogP contribution in [0.4, 0.5) is 0 Å². The molecular weight excluding hydrogens is 482 g/mol. The van der Waals surface area contributed by atoms with Crippen molar-refractivity contribution in [1.29, 1.82) is 0 Å². The Bertz CT molecular complexity index is 1210. The van der Waals surface area contributed by atoms with Gasteiger partial charge in [0, 0.05) is 6.04 Å². The second-order valence-electron chi connectivity index (χ2n) is 9.53. The summed E-state index contributed by atoms with van der Waals surface area (Å²) in [6.45, 7) is 3.13. The van der Waals surface area contributed by atoms with Crippen LogP contribution in [0.15, 0.2) is 78.9 Å². The molecule has 1 aliphatic rings. The average molecular weight is 516 g/mol. The molecule has 0 spiro atoms. The maximum Gasteiger partial charge on any atom is 0.330 e. The Labute approximate surface area is 223 Å². The maximum atomic E-state index is 13.5. The highest BCUT2D eigenvalue weighted by molar-refractivity contribution is 6.11. The highest BCUT2D eigenvalue weighted by atomic mass is 16.5. The van der Waals surface area contributed by atoms with Crippen molar-refractivity contribution in [3.05, 3.63) is 95.6 Å². The summed E-state index contributed by atoms with van der Waals surface area (Å²) < 4.78 is 16.3. The van der Waals surface area contributed by atoms with Crippen LogP contribution in [0.25, 0.3) is 0 Å². The molecule has 3 aromatic carbocycles. The van der Waals surface area contributed by atoms with Gasteiger partial charge in [-0.2, -0.15) is 0 Å². The first-order valence-corrected chi connectivity index (χ1v) is 12.7. The number of carbonyl (C=O) groups is 3. The van der Waals surface area contributed by atoms with E-state index in [-0.39, 0.29) is 17.7 Å². The van der Waals surface area contributed by atoms with E-state index in [4.69, 9.17) is 14.2 Å². The van der Waals surface area contributed by atoms with E-state index < -0.39 is 24.0 Å². The van der Waals surface area contributed by atoms with Crippen molar-refractivity contribution < 1.29 is 28.6 Å². The molecule has 0 unspecified atom stereocenters. The fraction of sp³-hybridized carbons (Fsp3) is 0.323. The standard InChI is InChI=1S/C31H33NO6/c1-20(33)28-29(31(35)38-21(2)24-8-6-5-7-9-24)32(30(28)34)25(18-22-10-14-26(36-3)15-11-22)19-23-12-16-27(37-4)17-13-23/h5-17,21,25,28-29H,18-19H2,1-4H3/t21-,28+,29-/m1/s1. The molecule has 1 fully saturated rings. The number of β-lactam (4-membered cyclic amide) rings is 1. The number of ketones is 1. The van der Waals surface area contributed by atoms with Crippen LogP contribution in [0.5, 0.6) is 11.5 Å². The molecule has 0 aliphatic carbocycles. The Morgan fingerprint density at radius 2 is 1.32 bits per heavy atom. The molecule has 0 saturated carbocycles. The maximum absolute atomic E-state index is 13.5. The van der Waals surface area contributed by atoms with E-state index in [2.05, 4.69) is 0 Å². The van der Waals surface area contributed by atoms with Crippen LogP contribution in [0.3, 0.4) is 0 Å². The van der Waals surface area contributed by atoms with Gasteiger partial charge in [0.25, 0.3) is 0 Å². The summed E-state index contributed by atoms with van der Waals surface area (Å²) in [6, 6.07) is 23.3. The first kappa shape index (κ1) is 26.9. The molecule has 7 heteroatoms. The van der Waals surface area contributed by atoms with E-state index in [0.29, 0.717) is 12.8 Å². The number of esters is 1. The number of nitrogens with zero attached hydrogens (tertiary/aromatic N) is 1. The third-order valence-electron chi connectivity index (χ3n) is 7.03. The van der Waals surface area contributed by atoms with E-state index in [1.54, 1.807) is 26.0 Å². The molecule has 198 valence electrons. The van der Waals surface area contributed by atoms with E-state index >= 15 is 0 Å². The fourth-order valence-electron chi connectivity index (χ4n) is 4.94. The van der Waals surface area contributed by atoms with Crippen LogP contribution < -0.4 is 9.47 Å². The summed E-state index contributed by atoms with van der Waals surface area (Å²) in [5.41, 5.74) is 2.80. The Kier molecular flexibility index (Phi) is 8.46. The molecule has 1 amide bonds. The van der Waals surface area contributed by atoms with Crippen molar-refractivity contribution in [2.24, 2.45) is 5.92 Å². The quantitative estimate of drug-likeness (QED) is 0.211. The predicted molar refractivity (Wildman–Crippen MR) is 143 cm³/mol. The van der Waals surface area contributed by atoms with Gasteiger partial charge in [-0.3, -0.25) is 9.59 Å². The number of likely N-dealkylation sites (tertiary alicyclic amines) is 1. The zero-order chi connectivity index (χ0) is 27.2. The molecule has 0 aromatic heterocycles. The Morgan fingerprint density at radius 3 is 1.76 bits per heavy atom. The van der Waals surface area contributed by atoms with Gasteiger partial charge in [0.1, 0.15) is 35.3 Å². The van der Waals surface area contributed by atoms with Crippen LogP contribution in [-0.4, -0.2) is 48.9 Å². The highest BCUT2D eigenvalue weighted by Gasteiger charge is 2.57. The summed E-state index contributed by atoms with van der Waals surface area (Å²) in [7, 11) is 3.21. The van der Waals surface area contributed by atoms with Crippen molar-refractivity contribution in [1.82, 2.24) is 4.90 Å². The smallest absolute Gasteiger partial charge is 0.330 e. The SMILES string of the molecule is COc1ccc(CC(Cc2ccc(OC)cc2)N2C(=O)[C@@H](C(C)=O)[C@@H]2C(=O)O[C@H](C)c2ccccc2)cc1. The molecule has 3 atom stereocenters. The number of Topliss-reactive ketones (excluding diaryl/α,β-unsaturated/α-hetero) is 1. The minimum atomic E-state index is -1.04. The summed E-state index contributed by atoms with van der Waals surface area (Å²) in [5.74, 6) is -0.843. The summed E-state index contributed by atoms with van der Waals surface area (Å²) in [4.78, 5) is 40.8. The van der Waals surface area contributed by atoms with Gasteiger partial charge in [-0.25, -0.2) is 4.79 Å². The topological polar surface area (TPSA) is 82.1 Å². The third kappa shape index (κ3) is 5.88. The monoisotopic (exact) mass is 515 g/mol. The Hall–Kier alpha value is -4.13. The average Bonchev–Trinajstić information content (AvgIpc) is 2.92. The minimum absolute atomic E-state index is 0.340. The van der Waals surface area contributed by atoms with Crippen LogP contribution >= 0.6 is 0 Å². The highest BCUT2D eigenvalue weighted by Crippen LogP contribution is 2.35. The van der Waals surface area contributed by atoms with Crippen molar-refractivity contribution in [2.75, 3.05) is 14.2 Å². The molecule has 1 heterocycles. The van der Waals surface area contributed by atoms with Gasteiger partial charge in [-0.05, 0) is 67.6 Å². The molecule has 7 nitrogen and oxygen atoms in total. The number of ether oxygens (including phenoxy) is 3. The lowest BCUT2D eigenvalue weighted by atomic mass is 9.80. The Morgan fingerprint density at radius 1 is 0.816 bits per heavy atom. The van der Waals surface area contributed by atoms with Gasteiger partial charge in [0.2, 0.25) is 5.91 Å². The summed E-state index contributed by atoms with van der Waals surface area (Å²) in [5, 5.41) is 0. The van der Waals surface area contributed by atoms with Crippen LogP contribution in [0, 0.1) is 5.92 Å². The zero-order valence-electron chi connectivity index (χ0n) is 22.1. The second kappa shape index (κ2) is 11.9. The number of rotatable bonds is 11. The lowest BCUT2D eigenvalue weighted by molar-refractivity contribution is -0.182. The van der Waals surface area contributed by atoms with Gasteiger partial charge in [-0.1, -0.05) is 54.6 Å². The van der Waals surface area contributed by atoms with E-state index in [9.17, 15) is 14.4 Å². The number of methoxy groups -OCH3 is 2. The fourth-order valence-corrected chi connectivity index (χ4v) is 4.94. The van der Waals surface area contributed by atoms with Gasteiger partial charge in [0.05, 0.1) is 14.2 Å². The largest absolute Gasteiger partial charge is 0.497 e. The van der Waals surface area contributed by atoms with Gasteiger partial charge < -0.3 is 19.1 Å². The summed E-state index contributed by atoms with van der Waals surface area (Å²) in [6.07, 6.45) is 0.463. The van der Waals surface area contributed by atoms with Crippen LogP contribution in [0.1, 0.15) is 36.6 Å². The molecule has 1 aliphatic heterocycles. The third-order valence-corrected chi connectivity index (χ3v) is 7.03. The van der Waals surface area contributed by atoms with Gasteiger partial charge >= 0.3 is 5.97 Å². The number of hydrogen-bond donors (Lipinski definition) is 0.